The summed E-state index contributed by atoms with van der Waals surface area (Å²) in [5.74, 6) is 2.64. The Labute approximate surface area is 71.6 Å². The number of aromatic nitrogens is 1. The van der Waals surface area contributed by atoms with Crippen LogP contribution in [0.4, 0.5) is 0 Å². The molecule has 0 amide bonds. The average Bonchev–Trinajstić information content (AvgIpc) is 2.41. The minimum absolute atomic E-state index is 0.00889. The van der Waals surface area contributed by atoms with E-state index < -0.39 is 0 Å². The Bertz CT molecular complexity index is 212. The number of nitrogens with zero attached hydrogens (tertiary/aromatic N) is 1. The summed E-state index contributed by atoms with van der Waals surface area (Å²) in [5, 5.41) is 3.30. The first-order valence-electron chi connectivity index (χ1n) is 2.99. The van der Waals surface area contributed by atoms with Gasteiger partial charge in [-0.1, -0.05) is 0 Å². The minimum atomic E-state index is -0.00889. The number of rotatable bonds is 3. The first kappa shape index (κ1) is 7.85. The second-order valence-electron chi connectivity index (χ2n) is 1.75. The van der Waals surface area contributed by atoms with Crippen molar-refractivity contribution in [1.29, 1.82) is 0 Å². The normalized spacial score (nSPS) is 10.3. The van der Waals surface area contributed by atoms with Crippen molar-refractivity contribution in [2.75, 3.05) is 0 Å². The van der Waals surface area contributed by atoms with Crippen molar-refractivity contribution in [2.24, 2.45) is 0 Å². The predicted molar refractivity (Wildman–Crippen MR) is 47.2 cm³/mol. The zero-order valence-electron chi connectivity index (χ0n) is 5.50. The van der Waals surface area contributed by atoms with E-state index in [1.54, 1.807) is 11.3 Å². The molecule has 0 fully saturated rings. The molecule has 1 atom stereocenters. The maximum absolute atomic E-state index is 5.12. The van der Waals surface area contributed by atoms with Crippen molar-refractivity contribution in [2.45, 2.75) is 11.6 Å². The van der Waals surface area contributed by atoms with E-state index in [0.717, 1.165) is 6.42 Å². The van der Waals surface area contributed by atoms with Crippen LogP contribution in [0.2, 0.25) is 5.21 Å². The van der Waals surface area contributed by atoms with Gasteiger partial charge < -0.3 is 0 Å². The molecule has 1 aromatic rings. The summed E-state index contributed by atoms with van der Waals surface area (Å²) in [7, 11) is 0. The van der Waals surface area contributed by atoms with E-state index in [1.807, 2.05) is 5.51 Å². The van der Waals surface area contributed by atoms with Gasteiger partial charge in [0.2, 0.25) is 0 Å². The van der Waals surface area contributed by atoms with Crippen LogP contribution in [-0.2, 0) is 0 Å². The van der Waals surface area contributed by atoms with Gasteiger partial charge in [-0.05, 0) is 0 Å². The van der Waals surface area contributed by atoms with Gasteiger partial charge in [-0.2, -0.15) is 0 Å². The van der Waals surface area contributed by atoms with Crippen LogP contribution in [0, 0.1) is 12.3 Å². The second-order valence-corrected chi connectivity index (χ2v) is 5.34. The average molecular weight is 213 g/mol. The van der Waals surface area contributed by atoms with Crippen molar-refractivity contribution < 1.29 is 0 Å². The van der Waals surface area contributed by atoms with Gasteiger partial charge in [0, 0.05) is 0 Å². The molecule has 1 aromatic heterocycles. The standard InChI is InChI=1S/C7H8AsNS/c1-2-3-4-8-7-5-10-6-9-7/h1,5-6,8H,3-4H2. The van der Waals surface area contributed by atoms with Gasteiger partial charge in [-0.25, -0.2) is 0 Å². The molecular formula is C7H8AsNS. The molecule has 1 heterocycles. The van der Waals surface area contributed by atoms with Crippen LogP contribution < -0.4 is 4.48 Å². The van der Waals surface area contributed by atoms with E-state index in [1.165, 1.54) is 9.69 Å². The molecule has 1 unspecified atom stereocenters. The molecule has 0 N–H and O–H groups in total. The summed E-state index contributed by atoms with van der Waals surface area (Å²) < 4.78 is 1.29. The van der Waals surface area contributed by atoms with Crippen molar-refractivity contribution >= 4 is 31.6 Å². The molecule has 0 aliphatic heterocycles. The van der Waals surface area contributed by atoms with Crippen molar-refractivity contribution in [3.8, 4) is 12.3 Å². The van der Waals surface area contributed by atoms with Gasteiger partial charge in [-0.3, -0.25) is 0 Å². The fourth-order valence-corrected chi connectivity index (χ4v) is 3.65. The Balaban J connectivity index is 2.23. The Morgan fingerprint density at radius 1 is 1.80 bits per heavy atom. The van der Waals surface area contributed by atoms with E-state index in [0.29, 0.717) is 0 Å². The molecule has 0 spiro atoms. The monoisotopic (exact) mass is 213 g/mol. The van der Waals surface area contributed by atoms with Crippen LogP contribution in [0.5, 0.6) is 0 Å². The number of hydrogen-bond acceptors (Lipinski definition) is 2. The number of hydrogen-bond donors (Lipinski definition) is 0. The van der Waals surface area contributed by atoms with Crippen molar-refractivity contribution in [3.05, 3.63) is 10.9 Å². The quantitative estimate of drug-likeness (QED) is 0.408. The molecule has 52 valence electrons. The third-order valence-electron chi connectivity index (χ3n) is 1.01. The van der Waals surface area contributed by atoms with Crippen LogP contribution in [0.3, 0.4) is 0 Å². The third kappa shape index (κ3) is 2.56. The fraction of sp³-hybridized carbons (Fsp3) is 0.286. The Hall–Kier alpha value is -0.252. The zero-order valence-corrected chi connectivity index (χ0v) is 8.42. The third-order valence-corrected chi connectivity index (χ3v) is 4.42. The van der Waals surface area contributed by atoms with E-state index in [9.17, 15) is 0 Å². The molecule has 0 radical (unpaired) electrons. The van der Waals surface area contributed by atoms with E-state index in [-0.39, 0.29) is 15.8 Å². The van der Waals surface area contributed by atoms with Crippen LogP contribution in [-0.4, -0.2) is 20.7 Å². The topological polar surface area (TPSA) is 12.9 Å². The first-order chi connectivity index (χ1) is 4.93. The summed E-state index contributed by atoms with van der Waals surface area (Å²) in [6.45, 7) is 0. The first-order valence-corrected chi connectivity index (χ1v) is 6.46. The van der Waals surface area contributed by atoms with Gasteiger partial charge in [0.05, 0.1) is 0 Å². The second kappa shape index (κ2) is 4.55. The van der Waals surface area contributed by atoms with Gasteiger partial charge >= 0.3 is 71.4 Å². The van der Waals surface area contributed by atoms with E-state index >= 15 is 0 Å². The van der Waals surface area contributed by atoms with Crippen LogP contribution in [0.25, 0.3) is 0 Å². The predicted octanol–water partition coefficient (Wildman–Crippen LogP) is 0.646. The van der Waals surface area contributed by atoms with Gasteiger partial charge in [0.25, 0.3) is 0 Å². The molecule has 1 rings (SSSR count). The maximum atomic E-state index is 5.12. The molecule has 0 aromatic carbocycles. The zero-order chi connectivity index (χ0) is 7.23. The van der Waals surface area contributed by atoms with Gasteiger partial charge in [-0.15, -0.1) is 0 Å². The van der Waals surface area contributed by atoms with Crippen molar-refractivity contribution in [3.63, 3.8) is 0 Å². The summed E-state index contributed by atoms with van der Waals surface area (Å²) in [6.07, 6.45) is 6.03. The summed E-state index contributed by atoms with van der Waals surface area (Å²) >= 11 is 1.66. The Morgan fingerprint density at radius 2 is 2.70 bits per heavy atom. The number of thiazole rings is 1. The molecule has 0 bridgehead atoms. The van der Waals surface area contributed by atoms with Crippen LogP contribution in [0.15, 0.2) is 10.9 Å². The van der Waals surface area contributed by atoms with Crippen molar-refractivity contribution in [1.82, 2.24) is 4.98 Å². The molecule has 3 heteroatoms. The molecule has 0 aliphatic carbocycles. The summed E-state index contributed by atoms with van der Waals surface area (Å²) in [4.78, 5) is 4.19. The van der Waals surface area contributed by atoms with E-state index in [4.69, 9.17) is 6.42 Å². The van der Waals surface area contributed by atoms with Crippen LogP contribution in [0.1, 0.15) is 6.42 Å². The SMILES string of the molecule is C#CCC[AsH]c1cscn1. The Kier molecular flexibility index (Phi) is 3.57. The molecular weight excluding hydrogens is 205 g/mol. The molecule has 0 saturated carbocycles. The molecule has 1 nitrogen and oxygen atoms in total. The van der Waals surface area contributed by atoms with Crippen LogP contribution >= 0.6 is 11.3 Å². The summed E-state index contributed by atoms with van der Waals surface area (Å²) in [6, 6.07) is 0. The van der Waals surface area contributed by atoms with Gasteiger partial charge in [0.15, 0.2) is 0 Å². The van der Waals surface area contributed by atoms with E-state index in [2.05, 4.69) is 16.3 Å². The molecule has 0 saturated heterocycles. The molecule has 10 heavy (non-hydrogen) atoms. The molecule has 0 aliphatic rings. The Morgan fingerprint density at radius 3 is 3.30 bits per heavy atom. The number of terminal acetylenes is 1. The fourth-order valence-electron chi connectivity index (χ4n) is 0.563. The van der Waals surface area contributed by atoms with Gasteiger partial charge in [0.1, 0.15) is 0 Å². The summed E-state index contributed by atoms with van der Waals surface area (Å²) in [5.41, 5.74) is 1.88.